The molecule has 0 unspecified atom stereocenters. The molecule has 1 amide bonds. The summed E-state index contributed by atoms with van der Waals surface area (Å²) in [7, 11) is 0. The van der Waals surface area contributed by atoms with E-state index in [2.05, 4.69) is 5.32 Å². The Kier molecular flexibility index (Phi) is 6.50. The minimum atomic E-state index is -0.517. The van der Waals surface area contributed by atoms with Crippen molar-refractivity contribution in [3.63, 3.8) is 0 Å². The van der Waals surface area contributed by atoms with E-state index in [0.717, 1.165) is 19.4 Å². The zero-order chi connectivity index (χ0) is 18.4. The highest BCUT2D eigenvalue weighted by Gasteiger charge is 2.35. The van der Waals surface area contributed by atoms with Crippen molar-refractivity contribution in [2.75, 3.05) is 31.6 Å². The lowest BCUT2D eigenvalue weighted by molar-refractivity contribution is -0.140. The molecule has 1 aliphatic carbocycles. The van der Waals surface area contributed by atoms with E-state index in [1.165, 1.54) is 25.7 Å². The van der Waals surface area contributed by atoms with Crippen LogP contribution in [0.1, 0.15) is 48.9 Å². The number of aliphatic hydroxyl groups is 1. The molecule has 2 N–H and O–H groups in total. The lowest BCUT2D eigenvalue weighted by Gasteiger charge is -2.44. The average molecular weight is 360 g/mol. The van der Waals surface area contributed by atoms with E-state index in [1.807, 2.05) is 4.90 Å². The summed E-state index contributed by atoms with van der Waals surface area (Å²) >= 11 is 0. The lowest BCUT2D eigenvalue weighted by Crippen LogP contribution is -2.50. The molecule has 1 aromatic rings. The van der Waals surface area contributed by atoms with Gasteiger partial charge in [0.2, 0.25) is 0 Å². The number of fused-ring (bicyclic) bond motifs is 1. The molecule has 6 nitrogen and oxygen atoms in total. The van der Waals surface area contributed by atoms with Crippen LogP contribution in [0.2, 0.25) is 0 Å². The number of nitrogens with zero attached hydrogens (tertiary/aromatic N) is 1. The summed E-state index contributed by atoms with van der Waals surface area (Å²) in [5, 5.41) is 11.9. The summed E-state index contributed by atoms with van der Waals surface area (Å²) < 4.78 is 5.31. The van der Waals surface area contributed by atoms with Crippen LogP contribution < -0.4 is 5.32 Å². The Balaban J connectivity index is 1.58. The highest BCUT2D eigenvalue weighted by molar-refractivity contribution is 5.96. The Labute approximate surface area is 154 Å². The van der Waals surface area contributed by atoms with Gasteiger partial charge in [-0.05, 0) is 43.7 Å². The van der Waals surface area contributed by atoms with Gasteiger partial charge in [0.15, 0.2) is 6.61 Å². The molecule has 2 fully saturated rings. The number of likely N-dealkylation sites (tertiary alicyclic amines) is 1. The first kappa shape index (κ1) is 18.7. The zero-order valence-corrected chi connectivity index (χ0v) is 15.2. The number of esters is 1. The van der Waals surface area contributed by atoms with Crippen molar-refractivity contribution in [3.05, 3.63) is 29.8 Å². The van der Waals surface area contributed by atoms with Gasteiger partial charge in [-0.25, -0.2) is 4.79 Å². The molecular formula is C20H28N2O4. The fraction of sp³-hybridized carbons (Fsp3) is 0.600. The Morgan fingerprint density at radius 2 is 1.92 bits per heavy atom. The number of ether oxygens (including phenoxy) is 1. The van der Waals surface area contributed by atoms with Crippen LogP contribution in [0.25, 0.3) is 0 Å². The van der Waals surface area contributed by atoms with Gasteiger partial charge in [-0.1, -0.05) is 25.0 Å². The molecule has 6 heteroatoms. The van der Waals surface area contributed by atoms with Crippen molar-refractivity contribution in [1.29, 1.82) is 0 Å². The van der Waals surface area contributed by atoms with Gasteiger partial charge in [0.25, 0.3) is 5.91 Å². The fourth-order valence-electron chi connectivity index (χ4n) is 4.23. The maximum atomic E-state index is 12.6. The number of hydrogen-bond acceptors (Lipinski definition) is 5. The molecule has 1 saturated heterocycles. The SMILES string of the molecule is O=C(OCC(=O)N1CCC[C@@H]2CCCC[C@H]21)c1ccccc1NCCO. The minimum Gasteiger partial charge on any atom is -0.452 e. The third kappa shape index (κ3) is 4.36. The summed E-state index contributed by atoms with van der Waals surface area (Å²) in [4.78, 5) is 27.0. The number of nitrogens with one attached hydrogen (secondary N) is 1. The second kappa shape index (κ2) is 9.03. The number of carbonyl (C=O) groups excluding carboxylic acids is 2. The summed E-state index contributed by atoms with van der Waals surface area (Å²) in [6.07, 6.45) is 6.95. The predicted molar refractivity (Wildman–Crippen MR) is 99.0 cm³/mol. The molecule has 0 spiro atoms. The monoisotopic (exact) mass is 360 g/mol. The number of hydrogen-bond donors (Lipinski definition) is 2. The van der Waals surface area contributed by atoms with Gasteiger partial charge in [-0.3, -0.25) is 4.79 Å². The van der Waals surface area contributed by atoms with Gasteiger partial charge in [0, 0.05) is 24.8 Å². The maximum absolute atomic E-state index is 12.6. The van der Waals surface area contributed by atoms with Crippen molar-refractivity contribution in [2.45, 2.75) is 44.6 Å². The molecule has 1 aliphatic heterocycles. The summed E-state index contributed by atoms with van der Waals surface area (Å²) in [5.74, 6) is 0.00732. The molecule has 0 bridgehead atoms. The Morgan fingerprint density at radius 1 is 1.15 bits per heavy atom. The average Bonchev–Trinajstić information content (AvgIpc) is 2.70. The topological polar surface area (TPSA) is 78.9 Å². The number of aliphatic hydroxyl groups excluding tert-OH is 1. The van der Waals surface area contributed by atoms with Crippen LogP contribution in [0.4, 0.5) is 5.69 Å². The van der Waals surface area contributed by atoms with Crippen molar-refractivity contribution >= 4 is 17.6 Å². The zero-order valence-electron chi connectivity index (χ0n) is 15.2. The smallest absolute Gasteiger partial charge is 0.340 e. The number of piperidine rings is 1. The van der Waals surface area contributed by atoms with E-state index in [4.69, 9.17) is 9.84 Å². The van der Waals surface area contributed by atoms with Crippen LogP contribution in [-0.4, -0.2) is 54.2 Å². The normalized spacial score (nSPS) is 22.4. The first-order valence-electron chi connectivity index (χ1n) is 9.61. The standard InChI is InChI=1S/C20H28N2O4/c23-13-11-21-17-9-3-2-8-16(17)20(25)26-14-19(24)22-12-5-7-15-6-1-4-10-18(15)22/h2-3,8-9,15,18,21,23H,1,4-7,10-14H2/t15-,18+/m0/s1. The third-order valence-corrected chi connectivity index (χ3v) is 5.46. The largest absolute Gasteiger partial charge is 0.452 e. The van der Waals surface area contributed by atoms with Crippen LogP contribution in [-0.2, 0) is 9.53 Å². The van der Waals surface area contributed by atoms with E-state index >= 15 is 0 Å². The molecule has 3 rings (SSSR count). The van der Waals surface area contributed by atoms with Crippen LogP contribution in [0.5, 0.6) is 0 Å². The lowest BCUT2D eigenvalue weighted by atomic mass is 9.78. The molecule has 0 aromatic heterocycles. The first-order valence-corrected chi connectivity index (χ1v) is 9.61. The van der Waals surface area contributed by atoms with E-state index < -0.39 is 5.97 Å². The van der Waals surface area contributed by atoms with E-state index in [-0.39, 0.29) is 19.1 Å². The van der Waals surface area contributed by atoms with Crippen molar-refractivity contribution in [1.82, 2.24) is 4.90 Å². The predicted octanol–water partition coefficient (Wildman–Crippen LogP) is 2.43. The summed E-state index contributed by atoms with van der Waals surface area (Å²) in [5.41, 5.74) is 0.979. The van der Waals surface area contributed by atoms with E-state index in [9.17, 15) is 9.59 Å². The maximum Gasteiger partial charge on any atom is 0.340 e. The second-order valence-electron chi connectivity index (χ2n) is 7.11. The quantitative estimate of drug-likeness (QED) is 0.762. The number of rotatable bonds is 6. The van der Waals surface area contributed by atoms with Crippen LogP contribution >= 0.6 is 0 Å². The first-order chi connectivity index (χ1) is 12.7. The van der Waals surface area contributed by atoms with Gasteiger partial charge in [-0.2, -0.15) is 0 Å². The highest BCUT2D eigenvalue weighted by atomic mass is 16.5. The van der Waals surface area contributed by atoms with Crippen LogP contribution in [0.15, 0.2) is 24.3 Å². The van der Waals surface area contributed by atoms with E-state index in [1.54, 1.807) is 24.3 Å². The number of amides is 1. The summed E-state index contributed by atoms with van der Waals surface area (Å²) in [6.45, 7) is 0.877. The Bertz CT molecular complexity index is 632. The third-order valence-electron chi connectivity index (χ3n) is 5.46. The highest BCUT2D eigenvalue weighted by Crippen LogP contribution is 2.35. The number of benzene rings is 1. The molecule has 142 valence electrons. The molecule has 1 saturated carbocycles. The van der Waals surface area contributed by atoms with Gasteiger partial charge in [0.1, 0.15) is 0 Å². The molecular weight excluding hydrogens is 332 g/mol. The Morgan fingerprint density at radius 3 is 2.77 bits per heavy atom. The van der Waals surface area contributed by atoms with Crippen molar-refractivity contribution in [2.24, 2.45) is 5.92 Å². The van der Waals surface area contributed by atoms with Crippen molar-refractivity contribution < 1.29 is 19.4 Å². The van der Waals surface area contributed by atoms with Gasteiger partial charge >= 0.3 is 5.97 Å². The van der Waals surface area contributed by atoms with Gasteiger partial charge in [0.05, 0.1) is 12.2 Å². The van der Waals surface area contributed by atoms with Gasteiger partial charge < -0.3 is 20.1 Å². The molecule has 2 atom stereocenters. The molecule has 0 radical (unpaired) electrons. The number of anilines is 1. The minimum absolute atomic E-state index is 0.0284. The molecule has 1 aromatic carbocycles. The molecule has 1 heterocycles. The second-order valence-corrected chi connectivity index (χ2v) is 7.11. The fourth-order valence-corrected chi connectivity index (χ4v) is 4.23. The van der Waals surface area contributed by atoms with Crippen LogP contribution in [0.3, 0.4) is 0 Å². The molecule has 2 aliphatic rings. The number of carbonyl (C=O) groups is 2. The van der Waals surface area contributed by atoms with Crippen molar-refractivity contribution in [3.8, 4) is 0 Å². The van der Waals surface area contributed by atoms with Crippen LogP contribution in [0, 0.1) is 5.92 Å². The van der Waals surface area contributed by atoms with Gasteiger partial charge in [-0.15, -0.1) is 0 Å². The number of para-hydroxylation sites is 1. The summed E-state index contributed by atoms with van der Waals surface area (Å²) in [6, 6.07) is 7.29. The molecule has 26 heavy (non-hydrogen) atoms. The van der Waals surface area contributed by atoms with E-state index in [0.29, 0.717) is 29.8 Å². The Hall–Kier alpha value is -2.08.